The van der Waals surface area contributed by atoms with Gasteiger partial charge in [0.2, 0.25) is 0 Å². The van der Waals surface area contributed by atoms with Crippen LogP contribution in [-0.2, 0) is 5.54 Å². The van der Waals surface area contributed by atoms with Crippen LogP contribution in [0.15, 0.2) is 60.7 Å². The Bertz CT molecular complexity index is 614. The summed E-state index contributed by atoms with van der Waals surface area (Å²) in [5, 5.41) is 4.55. The van der Waals surface area contributed by atoms with Crippen LogP contribution in [0.1, 0.15) is 24.0 Å². The molecule has 2 fully saturated rings. The average Bonchev–Trinajstić information content (AvgIpc) is 3.13. The van der Waals surface area contributed by atoms with Crippen molar-refractivity contribution >= 4 is 17.3 Å². The van der Waals surface area contributed by atoms with E-state index in [1.54, 1.807) is 0 Å². The van der Waals surface area contributed by atoms with Crippen LogP contribution in [0.4, 0.5) is 0 Å². The fourth-order valence-electron chi connectivity index (χ4n) is 3.88. The third-order valence-electron chi connectivity index (χ3n) is 4.78. The summed E-state index contributed by atoms with van der Waals surface area (Å²) in [4.78, 5) is 2.37. The molecule has 0 amide bonds. The van der Waals surface area contributed by atoms with E-state index in [-0.39, 0.29) is 5.54 Å². The van der Waals surface area contributed by atoms with Crippen LogP contribution in [-0.4, -0.2) is 22.6 Å². The van der Waals surface area contributed by atoms with Crippen LogP contribution in [0.2, 0.25) is 0 Å². The Labute approximate surface area is 130 Å². The average molecular weight is 294 g/mol. The lowest BCUT2D eigenvalue weighted by atomic mass is 9.77. The summed E-state index contributed by atoms with van der Waals surface area (Å²) in [7, 11) is 0. The zero-order chi connectivity index (χ0) is 14.3. The van der Waals surface area contributed by atoms with Gasteiger partial charge in [-0.25, -0.2) is 0 Å². The van der Waals surface area contributed by atoms with Crippen molar-refractivity contribution in [2.24, 2.45) is 0 Å². The van der Waals surface area contributed by atoms with Gasteiger partial charge < -0.3 is 10.2 Å². The molecule has 0 spiro atoms. The van der Waals surface area contributed by atoms with E-state index in [9.17, 15) is 0 Å². The van der Waals surface area contributed by atoms with Crippen molar-refractivity contribution in [3.63, 3.8) is 0 Å². The van der Waals surface area contributed by atoms with Gasteiger partial charge in [0.15, 0.2) is 5.11 Å². The quantitative estimate of drug-likeness (QED) is 0.856. The summed E-state index contributed by atoms with van der Waals surface area (Å²) in [5.41, 5.74) is 2.39. The lowest BCUT2D eigenvalue weighted by Crippen LogP contribution is -2.46. The molecule has 3 heteroatoms. The number of benzene rings is 2. The van der Waals surface area contributed by atoms with E-state index in [2.05, 4.69) is 70.9 Å². The second-order valence-corrected chi connectivity index (χ2v) is 6.21. The molecule has 2 aromatic rings. The molecule has 4 rings (SSSR count). The maximum absolute atomic E-state index is 5.62. The van der Waals surface area contributed by atoms with E-state index in [4.69, 9.17) is 12.2 Å². The highest BCUT2D eigenvalue weighted by atomic mass is 32.1. The molecule has 2 heterocycles. The third-order valence-corrected chi connectivity index (χ3v) is 5.11. The largest absolute Gasteiger partial charge is 0.347 e. The summed E-state index contributed by atoms with van der Waals surface area (Å²) in [6.07, 6.45) is 2.39. The number of hydrogen-bond donors (Lipinski definition) is 1. The Hall–Kier alpha value is -1.87. The molecule has 0 aromatic heterocycles. The molecule has 2 saturated heterocycles. The second-order valence-electron chi connectivity index (χ2n) is 5.82. The standard InChI is InChI=1S/C18H18N2S/c21-17-19-18(14-8-3-1-4-9-14,15-10-5-2-6-11-15)16-12-7-13-20(16)17/h1-6,8-11,16H,7,12-13H2,(H,19,21)/t16-/m0/s1. The highest BCUT2D eigenvalue weighted by molar-refractivity contribution is 7.80. The zero-order valence-electron chi connectivity index (χ0n) is 11.8. The molecule has 0 aliphatic carbocycles. The highest BCUT2D eigenvalue weighted by Gasteiger charge is 2.53. The minimum atomic E-state index is -0.212. The van der Waals surface area contributed by atoms with E-state index in [1.165, 1.54) is 24.0 Å². The Morgan fingerprint density at radius 3 is 2.10 bits per heavy atom. The smallest absolute Gasteiger partial charge is 0.170 e. The van der Waals surface area contributed by atoms with Gasteiger partial charge in [-0.2, -0.15) is 0 Å². The first kappa shape index (κ1) is 12.8. The van der Waals surface area contributed by atoms with Crippen molar-refractivity contribution in [2.45, 2.75) is 24.4 Å². The normalized spacial score (nSPS) is 23.0. The minimum Gasteiger partial charge on any atom is -0.347 e. The summed E-state index contributed by atoms with van der Waals surface area (Å²) in [6.45, 7) is 1.07. The topological polar surface area (TPSA) is 15.3 Å². The van der Waals surface area contributed by atoms with Gasteiger partial charge in [0, 0.05) is 6.54 Å². The third kappa shape index (κ3) is 1.80. The summed E-state index contributed by atoms with van der Waals surface area (Å²) in [5.74, 6) is 0. The SMILES string of the molecule is S=C1NC(c2ccccc2)(c2ccccc2)[C@@H]2CCCN12. The fourth-order valence-corrected chi connectivity index (χ4v) is 4.26. The van der Waals surface area contributed by atoms with Gasteiger partial charge in [0.05, 0.1) is 6.04 Å². The van der Waals surface area contributed by atoms with Crippen LogP contribution >= 0.6 is 12.2 Å². The minimum absolute atomic E-state index is 0.212. The lowest BCUT2D eigenvalue weighted by Gasteiger charge is -2.35. The molecule has 1 N–H and O–H groups in total. The van der Waals surface area contributed by atoms with Crippen molar-refractivity contribution in [1.82, 2.24) is 10.2 Å². The van der Waals surface area contributed by atoms with E-state index >= 15 is 0 Å². The first-order chi connectivity index (χ1) is 10.3. The molecule has 106 valence electrons. The molecule has 2 aliphatic heterocycles. The maximum atomic E-state index is 5.62. The number of thiocarbonyl (C=S) groups is 1. The molecule has 0 radical (unpaired) electrons. The molecule has 2 aromatic carbocycles. The van der Waals surface area contributed by atoms with E-state index in [0.29, 0.717) is 6.04 Å². The zero-order valence-corrected chi connectivity index (χ0v) is 12.6. The van der Waals surface area contributed by atoms with Gasteiger partial charge in [-0.05, 0) is 36.2 Å². The molecule has 2 aliphatic rings. The second kappa shape index (κ2) is 4.85. The number of nitrogens with zero attached hydrogens (tertiary/aromatic N) is 1. The maximum Gasteiger partial charge on any atom is 0.170 e. The first-order valence-electron chi connectivity index (χ1n) is 7.52. The Kier molecular flexibility index (Phi) is 2.96. The molecule has 0 unspecified atom stereocenters. The lowest BCUT2D eigenvalue weighted by molar-refractivity contribution is 0.317. The molecular weight excluding hydrogens is 276 g/mol. The predicted molar refractivity (Wildman–Crippen MR) is 89.1 cm³/mol. The van der Waals surface area contributed by atoms with Crippen molar-refractivity contribution in [3.05, 3.63) is 71.8 Å². The van der Waals surface area contributed by atoms with Crippen molar-refractivity contribution < 1.29 is 0 Å². The van der Waals surface area contributed by atoms with Crippen LogP contribution < -0.4 is 5.32 Å². The van der Waals surface area contributed by atoms with Gasteiger partial charge in [-0.3, -0.25) is 0 Å². The first-order valence-corrected chi connectivity index (χ1v) is 7.93. The van der Waals surface area contributed by atoms with Crippen LogP contribution in [0.5, 0.6) is 0 Å². The van der Waals surface area contributed by atoms with Gasteiger partial charge in [0.1, 0.15) is 5.54 Å². The van der Waals surface area contributed by atoms with Crippen molar-refractivity contribution in [1.29, 1.82) is 0 Å². The molecular formula is C18H18N2S. The highest BCUT2D eigenvalue weighted by Crippen LogP contribution is 2.44. The van der Waals surface area contributed by atoms with Crippen LogP contribution in [0.3, 0.4) is 0 Å². The van der Waals surface area contributed by atoms with E-state index in [0.717, 1.165) is 11.7 Å². The van der Waals surface area contributed by atoms with Crippen molar-refractivity contribution in [3.8, 4) is 0 Å². The number of fused-ring (bicyclic) bond motifs is 1. The van der Waals surface area contributed by atoms with E-state index in [1.807, 2.05) is 0 Å². The number of nitrogens with one attached hydrogen (secondary N) is 1. The van der Waals surface area contributed by atoms with Crippen LogP contribution in [0.25, 0.3) is 0 Å². The van der Waals surface area contributed by atoms with Crippen LogP contribution in [0, 0.1) is 0 Å². The Morgan fingerprint density at radius 2 is 1.52 bits per heavy atom. The van der Waals surface area contributed by atoms with Gasteiger partial charge in [-0.1, -0.05) is 60.7 Å². The fraction of sp³-hybridized carbons (Fsp3) is 0.278. The van der Waals surface area contributed by atoms with Crippen molar-refractivity contribution in [2.75, 3.05) is 6.54 Å². The summed E-state index contributed by atoms with van der Waals surface area (Å²) >= 11 is 5.62. The number of hydrogen-bond acceptors (Lipinski definition) is 1. The summed E-state index contributed by atoms with van der Waals surface area (Å²) < 4.78 is 0. The van der Waals surface area contributed by atoms with Gasteiger partial charge >= 0.3 is 0 Å². The predicted octanol–water partition coefficient (Wildman–Crippen LogP) is 3.28. The van der Waals surface area contributed by atoms with Gasteiger partial charge in [-0.15, -0.1) is 0 Å². The molecule has 21 heavy (non-hydrogen) atoms. The van der Waals surface area contributed by atoms with E-state index < -0.39 is 0 Å². The molecule has 0 bridgehead atoms. The Balaban J connectivity index is 1.94. The number of rotatable bonds is 2. The molecule has 1 atom stereocenters. The summed E-state index contributed by atoms with van der Waals surface area (Å²) in [6, 6.07) is 21.9. The molecule has 2 nitrogen and oxygen atoms in total. The monoisotopic (exact) mass is 294 g/mol. The van der Waals surface area contributed by atoms with Gasteiger partial charge in [0.25, 0.3) is 0 Å². The molecule has 0 saturated carbocycles. The Morgan fingerprint density at radius 1 is 0.952 bits per heavy atom.